The minimum atomic E-state index is -0.727. The van der Waals surface area contributed by atoms with Gasteiger partial charge in [-0.15, -0.1) is 0 Å². The molecule has 0 amide bonds. The summed E-state index contributed by atoms with van der Waals surface area (Å²) < 4.78 is 13.3. The van der Waals surface area contributed by atoms with Gasteiger partial charge in [-0.2, -0.15) is 0 Å². The van der Waals surface area contributed by atoms with Gasteiger partial charge in [0, 0.05) is 38.3 Å². The standard InChI is InChI=1S/C12H15FN4O2/c13-9-5-11-8-16(4-3-15(11)7-9)12-2-1-10(6-14-12)17(18)19/h1-2,6,9,11H,3-5,7-8H2/t9-,11-/m0/s1. The van der Waals surface area contributed by atoms with E-state index in [0.29, 0.717) is 13.0 Å². The molecule has 3 rings (SSSR count). The van der Waals surface area contributed by atoms with Gasteiger partial charge < -0.3 is 4.90 Å². The van der Waals surface area contributed by atoms with Crippen molar-refractivity contribution in [1.82, 2.24) is 9.88 Å². The smallest absolute Gasteiger partial charge is 0.287 e. The fourth-order valence-electron chi connectivity index (χ4n) is 2.86. The van der Waals surface area contributed by atoms with Gasteiger partial charge in [-0.3, -0.25) is 15.0 Å². The molecule has 2 aliphatic heterocycles. The number of nitro groups is 1. The van der Waals surface area contributed by atoms with Crippen molar-refractivity contribution < 1.29 is 9.31 Å². The average Bonchev–Trinajstić information content (AvgIpc) is 2.77. The summed E-state index contributed by atoms with van der Waals surface area (Å²) in [6, 6.07) is 3.36. The quantitative estimate of drug-likeness (QED) is 0.595. The Kier molecular flexibility index (Phi) is 3.06. The summed E-state index contributed by atoms with van der Waals surface area (Å²) in [5.74, 6) is 0.729. The average molecular weight is 266 g/mol. The van der Waals surface area contributed by atoms with E-state index in [1.807, 2.05) is 0 Å². The third-order valence-corrected chi connectivity index (χ3v) is 3.83. The van der Waals surface area contributed by atoms with Crippen LogP contribution in [0, 0.1) is 10.1 Å². The Hall–Kier alpha value is -1.76. The number of alkyl halides is 1. The molecule has 7 heteroatoms. The van der Waals surface area contributed by atoms with Crippen molar-refractivity contribution in [3.05, 3.63) is 28.4 Å². The van der Waals surface area contributed by atoms with Gasteiger partial charge in [-0.25, -0.2) is 9.37 Å². The summed E-state index contributed by atoms with van der Waals surface area (Å²) in [7, 11) is 0. The van der Waals surface area contributed by atoms with Gasteiger partial charge >= 0.3 is 0 Å². The number of nitrogens with zero attached hydrogens (tertiary/aromatic N) is 4. The number of rotatable bonds is 2. The highest BCUT2D eigenvalue weighted by Crippen LogP contribution is 2.26. The first-order chi connectivity index (χ1) is 9.13. The van der Waals surface area contributed by atoms with E-state index >= 15 is 0 Å². The van der Waals surface area contributed by atoms with Crippen LogP contribution in [0.25, 0.3) is 0 Å². The maximum atomic E-state index is 13.3. The molecule has 1 aromatic rings. The molecule has 0 unspecified atom stereocenters. The minimum Gasteiger partial charge on any atom is -0.354 e. The lowest BCUT2D eigenvalue weighted by atomic mass is 10.1. The number of halogens is 1. The van der Waals surface area contributed by atoms with Crippen LogP contribution in [0.4, 0.5) is 15.9 Å². The molecular weight excluding hydrogens is 251 g/mol. The molecule has 19 heavy (non-hydrogen) atoms. The van der Waals surface area contributed by atoms with Crippen molar-refractivity contribution in [2.75, 3.05) is 31.1 Å². The monoisotopic (exact) mass is 266 g/mol. The molecule has 3 heterocycles. The van der Waals surface area contributed by atoms with E-state index in [4.69, 9.17) is 0 Å². The Bertz CT molecular complexity index is 481. The lowest BCUT2D eigenvalue weighted by Crippen LogP contribution is -2.50. The third-order valence-electron chi connectivity index (χ3n) is 3.83. The molecule has 2 fully saturated rings. The normalized spacial score (nSPS) is 27.3. The number of hydrogen-bond donors (Lipinski definition) is 0. The van der Waals surface area contributed by atoms with Crippen LogP contribution in [0.5, 0.6) is 0 Å². The van der Waals surface area contributed by atoms with Crippen LogP contribution in [0.2, 0.25) is 0 Å². The van der Waals surface area contributed by atoms with Crippen molar-refractivity contribution in [1.29, 1.82) is 0 Å². The summed E-state index contributed by atoms with van der Waals surface area (Å²) in [4.78, 5) is 18.5. The molecule has 0 spiro atoms. The molecule has 2 saturated heterocycles. The van der Waals surface area contributed by atoms with Gasteiger partial charge in [0.15, 0.2) is 0 Å². The fourth-order valence-corrected chi connectivity index (χ4v) is 2.86. The first-order valence-electron chi connectivity index (χ1n) is 6.37. The predicted octanol–water partition coefficient (Wildman–Crippen LogP) is 1.22. The van der Waals surface area contributed by atoms with E-state index in [1.165, 1.54) is 12.3 Å². The van der Waals surface area contributed by atoms with Crippen molar-refractivity contribution in [3.63, 3.8) is 0 Å². The molecule has 2 aliphatic rings. The Morgan fingerprint density at radius 1 is 1.37 bits per heavy atom. The predicted molar refractivity (Wildman–Crippen MR) is 68.0 cm³/mol. The fraction of sp³-hybridized carbons (Fsp3) is 0.583. The molecule has 6 nitrogen and oxygen atoms in total. The lowest BCUT2D eigenvalue weighted by Gasteiger charge is -2.37. The SMILES string of the molecule is O=[N+]([O-])c1ccc(N2CCN3C[C@@H](F)C[C@H]3C2)nc1. The summed E-state index contributed by atoms with van der Waals surface area (Å²) in [6.07, 6.45) is 1.12. The molecule has 0 radical (unpaired) electrons. The van der Waals surface area contributed by atoms with E-state index in [2.05, 4.69) is 14.8 Å². The second-order valence-corrected chi connectivity index (χ2v) is 5.06. The molecule has 0 saturated carbocycles. The van der Waals surface area contributed by atoms with Crippen molar-refractivity contribution in [3.8, 4) is 0 Å². The topological polar surface area (TPSA) is 62.5 Å². The molecule has 1 aromatic heterocycles. The summed E-state index contributed by atoms with van der Waals surface area (Å²) in [6.45, 7) is 2.88. The van der Waals surface area contributed by atoms with E-state index in [0.717, 1.165) is 25.5 Å². The minimum absolute atomic E-state index is 0.00734. The molecule has 2 atom stereocenters. The van der Waals surface area contributed by atoms with Crippen LogP contribution >= 0.6 is 0 Å². The van der Waals surface area contributed by atoms with Gasteiger partial charge in [-0.05, 0) is 12.5 Å². The molecule has 0 N–H and O–H groups in total. The van der Waals surface area contributed by atoms with Gasteiger partial charge in [0.2, 0.25) is 0 Å². The maximum absolute atomic E-state index is 13.3. The Balaban J connectivity index is 1.71. The third kappa shape index (κ3) is 2.37. The lowest BCUT2D eigenvalue weighted by molar-refractivity contribution is -0.385. The second kappa shape index (κ2) is 4.73. The molecule has 0 aliphatic carbocycles. The highest BCUT2D eigenvalue weighted by atomic mass is 19.1. The highest BCUT2D eigenvalue weighted by molar-refractivity contribution is 5.43. The molecule has 0 bridgehead atoms. The van der Waals surface area contributed by atoms with Gasteiger partial charge in [0.1, 0.15) is 18.2 Å². The highest BCUT2D eigenvalue weighted by Gasteiger charge is 2.36. The Morgan fingerprint density at radius 2 is 2.21 bits per heavy atom. The van der Waals surface area contributed by atoms with Crippen molar-refractivity contribution in [2.45, 2.75) is 18.6 Å². The van der Waals surface area contributed by atoms with E-state index in [9.17, 15) is 14.5 Å². The van der Waals surface area contributed by atoms with Crippen LogP contribution in [0.1, 0.15) is 6.42 Å². The number of piperazine rings is 1. The van der Waals surface area contributed by atoms with Crippen LogP contribution < -0.4 is 4.90 Å². The van der Waals surface area contributed by atoms with Crippen LogP contribution in [-0.2, 0) is 0 Å². The first kappa shape index (κ1) is 12.3. The Labute approximate surface area is 110 Å². The number of pyridine rings is 1. The van der Waals surface area contributed by atoms with Crippen molar-refractivity contribution in [2.24, 2.45) is 0 Å². The number of hydrogen-bond acceptors (Lipinski definition) is 5. The first-order valence-corrected chi connectivity index (χ1v) is 6.37. The van der Waals surface area contributed by atoms with Gasteiger partial charge in [0.25, 0.3) is 5.69 Å². The van der Waals surface area contributed by atoms with Crippen LogP contribution in [-0.4, -0.2) is 53.2 Å². The zero-order valence-corrected chi connectivity index (χ0v) is 10.4. The number of anilines is 1. The van der Waals surface area contributed by atoms with E-state index < -0.39 is 11.1 Å². The second-order valence-electron chi connectivity index (χ2n) is 5.06. The molecule has 102 valence electrons. The van der Waals surface area contributed by atoms with Crippen molar-refractivity contribution >= 4 is 11.5 Å². The van der Waals surface area contributed by atoms with E-state index in [-0.39, 0.29) is 11.7 Å². The van der Waals surface area contributed by atoms with Gasteiger partial charge in [-0.1, -0.05) is 0 Å². The summed E-state index contributed by atoms with van der Waals surface area (Å²) in [5.41, 5.74) is -0.00734. The zero-order chi connectivity index (χ0) is 13.4. The van der Waals surface area contributed by atoms with Crippen LogP contribution in [0.3, 0.4) is 0 Å². The summed E-state index contributed by atoms with van der Waals surface area (Å²) >= 11 is 0. The zero-order valence-electron chi connectivity index (χ0n) is 10.4. The van der Waals surface area contributed by atoms with E-state index in [1.54, 1.807) is 6.07 Å². The van der Waals surface area contributed by atoms with Crippen LogP contribution in [0.15, 0.2) is 18.3 Å². The number of fused-ring (bicyclic) bond motifs is 1. The number of aromatic nitrogens is 1. The largest absolute Gasteiger partial charge is 0.354 e. The van der Waals surface area contributed by atoms with Gasteiger partial charge in [0.05, 0.1) is 4.92 Å². The molecular formula is C12H15FN4O2. The maximum Gasteiger partial charge on any atom is 0.287 e. The summed E-state index contributed by atoms with van der Waals surface area (Å²) in [5, 5.41) is 10.6. The molecule has 0 aromatic carbocycles. The Morgan fingerprint density at radius 3 is 2.89 bits per heavy atom.